The van der Waals surface area contributed by atoms with Crippen molar-refractivity contribution in [3.8, 4) is 0 Å². The Balaban J connectivity index is 2.14. The second-order valence-corrected chi connectivity index (χ2v) is 5.57. The van der Waals surface area contributed by atoms with Crippen molar-refractivity contribution in [1.82, 2.24) is 0 Å². The highest BCUT2D eigenvalue weighted by Crippen LogP contribution is 2.47. The first kappa shape index (κ1) is 4.48. The summed E-state index contributed by atoms with van der Waals surface area (Å²) in [6, 6.07) is 0. The Morgan fingerprint density at radius 2 is 2.57 bits per heavy atom. The quantitative estimate of drug-likeness (QED) is 0.421. The molecular formula is C6H9I. The van der Waals surface area contributed by atoms with Gasteiger partial charge in [0, 0.05) is 3.92 Å². The van der Waals surface area contributed by atoms with Gasteiger partial charge >= 0.3 is 0 Å². The van der Waals surface area contributed by atoms with Crippen LogP contribution in [0.25, 0.3) is 0 Å². The lowest BCUT2D eigenvalue weighted by atomic mass is 10.2. The Hall–Kier alpha value is 0.600. The number of rotatable bonds is 0. The fraction of sp³-hybridized carbons (Fsp3) is 0.833. The third-order valence-electron chi connectivity index (χ3n) is 1.73. The molecule has 40 valence electrons. The molecule has 1 heteroatoms. The maximum absolute atomic E-state index is 2.56. The van der Waals surface area contributed by atoms with Crippen LogP contribution in [0.1, 0.15) is 19.3 Å². The minimum Gasteiger partial charge on any atom is -0.123 e. The molecular weight excluding hydrogens is 199 g/mol. The molecule has 0 aromatic heterocycles. The summed E-state index contributed by atoms with van der Waals surface area (Å²) in [5.41, 5.74) is 0. The van der Waals surface area contributed by atoms with Crippen LogP contribution in [0.5, 0.6) is 0 Å². The van der Waals surface area contributed by atoms with Gasteiger partial charge in [-0.15, -0.1) is 20.7 Å². The van der Waals surface area contributed by atoms with Crippen LogP contribution in [-0.2, 0) is 0 Å². The van der Waals surface area contributed by atoms with Gasteiger partial charge in [0.25, 0.3) is 0 Å². The molecule has 2 atom stereocenters. The molecule has 1 fully saturated rings. The first-order valence-electron chi connectivity index (χ1n) is 2.90. The van der Waals surface area contributed by atoms with E-state index < -0.39 is 0 Å². The second-order valence-electron chi connectivity index (χ2n) is 2.37. The zero-order valence-corrected chi connectivity index (χ0v) is 6.39. The maximum Gasteiger partial charge on any atom is 0.00910 e. The van der Waals surface area contributed by atoms with Gasteiger partial charge in [-0.3, -0.25) is 0 Å². The lowest BCUT2D eigenvalue weighted by Crippen LogP contribution is -1.86. The molecule has 0 bridgehead atoms. The van der Waals surface area contributed by atoms with Crippen LogP contribution in [0.2, 0.25) is 0 Å². The Morgan fingerprint density at radius 3 is 3.14 bits per heavy atom. The summed E-state index contributed by atoms with van der Waals surface area (Å²) in [5, 5.41) is 0. The van der Waals surface area contributed by atoms with Crippen molar-refractivity contribution >= 4 is 24.7 Å². The highest BCUT2D eigenvalue weighted by atomic mass is 127. The van der Waals surface area contributed by atoms with Gasteiger partial charge in [0.1, 0.15) is 0 Å². The summed E-state index contributed by atoms with van der Waals surface area (Å²) in [6.45, 7) is 0. The average Bonchev–Trinajstić information content (AvgIpc) is 2.41. The number of fused-ring (bicyclic) bond motifs is 1. The number of halogens is 1. The summed E-state index contributed by atoms with van der Waals surface area (Å²) in [7, 11) is 0. The third kappa shape index (κ3) is 0.755. The lowest BCUT2D eigenvalue weighted by Gasteiger charge is -1.96. The van der Waals surface area contributed by atoms with E-state index in [-0.39, 0.29) is 0 Å². The van der Waals surface area contributed by atoms with Gasteiger partial charge in [-0.1, -0.05) is 4.01 Å². The molecule has 0 spiro atoms. The van der Waals surface area contributed by atoms with Gasteiger partial charge in [0.15, 0.2) is 0 Å². The number of alkyl halides is 1. The minimum atomic E-state index is 0.601. The Labute approximate surface area is 54.0 Å². The van der Waals surface area contributed by atoms with E-state index in [1.54, 1.807) is 6.42 Å². The average molecular weight is 208 g/mol. The second kappa shape index (κ2) is 1.54. The Bertz CT molecular complexity index is 107. The molecule has 0 radical (unpaired) electrons. The molecule has 2 rings (SSSR count). The topological polar surface area (TPSA) is 0 Å². The molecule has 1 aliphatic heterocycles. The van der Waals surface area contributed by atoms with E-state index >= 15 is 0 Å². The van der Waals surface area contributed by atoms with E-state index in [4.69, 9.17) is 0 Å². The molecule has 1 heterocycles. The van der Waals surface area contributed by atoms with Gasteiger partial charge in [-0.2, -0.15) is 0 Å². The largest absolute Gasteiger partial charge is 0.123 e. The molecule has 0 aromatic carbocycles. The monoisotopic (exact) mass is 208 g/mol. The van der Waals surface area contributed by atoms with Gasteiger partial charge in [0.05, 0.1) is 0 Å². The molecule has 1 saturated carbocycles. The molecule has 0 N–H and O–H groups in total. The van der Waals surface area contributed by atoms with Crippen molar-refractivity contribution < 1.29 is 0 Å². The van der Waals surface area contributed by atoms with Crippen LogP contribution in [0.4, 0.5) is 0 Å². The lowest BCUT2D eigenvalue weighted by molar-refractivity contribution is 0.772. The molecule has 7 heavy (non-hydrogen) atoms. The van der Waals surface area contributed by atoms with Crippen LogP contribution in [0, 0.1) is 5.92 Å². The molecule has 2 aliphatic rings. The molecule has 0 nitrogen and oxygen atoms in total. The van der Waals surface area contributed by atoms with Gasteiger partial charge in [-0.05, 0) is 25.2 Å². The fourth-order valence-corrected chi connectivity index (χ4v) is 4.38. The van der Waals surface area contributed by atoms with Crippen LogP contribution >= 0.6 is 20.7 Å². The standard InChI is InChI=1S/C6H9I/c1-2-5-4-6(5)7-3-1/h3,5-6H,1-2,4H2/t5-,6+/m0/s1. The molecule has 0 aromatic rings. The first-order chi connectivity index (χ1) is 3.47. The summed E-state index contributed by atoms with van der Waals surface area (Å²) in [5.74, 6) is 1.22. The van der Waals surface area contributed by atoms with Gasteiger partial charge in [-0.25, -0.2) is 0 Å². The molecule has 0 amide bonds. The van der Waals surface area contributed by atoms with Crippen molar-refractivity contribution in [1.29, 1.82) is 0 Å². The Morgan fingerprint density at radius 1 is 1.57 bits per heavy atom. The number of hydrogen-bond acceptors (Lipinski definition) is 0. The predicted octanol–water partition coefficient (Wildman–Crippen LogP) is 1.94. The highest BCUT2D eigenvalue weighted by Gasteiger charge is 2.36. The van der Waals surface area contributed by atoms with Gasteiger partial charge < -0.3 is 0 Å². The van der Waals surface area contributed by atoms with Crippen molar-refractivity contribution in [3.63, 3.8) is 0 Å². The third-order valence-corrected chi connectivity index (χ3v) is 5.31. The summed E-state index contributed by atoms with van der Waals surface area (Å²) in [6.07, 6.45) is 4.59. The van der Waals surface area contributed by atoms with Crippen molar-refractivity contribution in [2.45, 2.75) is 23.2 Å². The van der Waals surface area contributed by atoms with E-state index in [0.29, 0.717) is 20.7 Å². The van der Waals surface area contributed by atoms with E-state index in [1.165, 1.54) is 22.7 Å². The molecule has 0 saturated heterocycles. The van der Waals surface area contributed by atoms with E-state index in [9.17, 15) is 0 Å². The van der Waals surface area contributed by atoms with Crippen LogP contribution in [0.15, 0.2) is 0 Å². The van der Waals surface area contributed by atoms with Crippen LogP contribution in [0.3, 0.4) is 0 Å². The van der Waals surface area contributed by atoms with Gasteiger partial charge in [0.2, 0.25) is 0 Å². The summed E-state index contributed by atoms with van der Waals surface area (Å²) >= 11 is 0.601. The van der Waals surface area contributed by atoms with E-state index in [0.717, 1.165) is 0 Å². The zero-order chi connectivity index (χ0) is 4.69. The minimum absolute atomic E-state index is 0.601. The smallest absolute Gasteiger partial charge is 0.00910 e. The van der Waals surface area contributed by atoms with E-state index in [2.05, 4.69) is 4.01 Å². The molecule has 1 aliphatic carbocycles. The summed E-state index contributed by atoms with van der Waals surface area (Å²) < 4.78 is 3.82. The van der Waals surface area contributed by atoms with Crippen LogP contribution < -0.4 is 0 Å². The predicted molar refractivity (Wildman–Crippen MR) is 41.2 cm³/mol. The van der Waals surface area contributed by atoms with E-state index in [1.807, 2.05) is 0 Å². The highest BCUT2D eigenvalue weighted by molar-refractivity contribution is 14.2. The Kier molecular flexibility index (Phi) is 0.984. The van der Waals surface area contributed by atoms with Crippen LogP contribution in [-0.4, -0.2) is 7.94 Å². The SMILES string of the molecule is C1=I[C@@H]2C[C@@H]2CC1. The van der Waals surface area contributed by atoms with Crippen molar-refractivity contribution in [2.75, 3.05) is 0 Å². The zero-order valence-electron chi connectivity index (χ0n) is 4.23. The summed E-state index contributed by atoms with van der Waals surface area (Å²) in [4.78, 5) is 0. The number of hydrogen-bond donors (Lipinski definition) is 0. The first-order valence-corrected chi connectivity index (χ1v) is 5.39. The fourth-order valence-electron chi connectivity index (χ4n) is 1.12. The van der Waals surface area contributed by atoms with Crippen molar-refractivity contribution in [2.24, 2.45) is 5.92 Å². The van der Waals surface area contributed by atoms with Crippen molar-refractivity contribution in [3.05, 3.63) is 0 Å². The maximum atomic E-state index is 2.56. The molecule has 0 unspecified atom stereocenters. The normalized spacial score (nSPS) is 46.9.